The van der Waals surface area contributed by atoms with Crippen molar-refractivity contribution in [2.45, 2.75) is 45.4 Å². The molecule has 2 rings (SSSR count). The Labute approximate surface area is 137 Å². The number of nitrogens with zero attached hydrogens (tertiary/aromatic N) is 1. The molecule has 0 saturated carbocycles. The van der Waals surface area contributed by atoms with Crippen molar-refractivity contribution in [1.82, 2.24) is 0 Å². The van der Waals surface area contributed by atoms with Gasteiger partial charge in [0.1, 0.15) is 14.1 Å². The summed E-state index contributed by atoms with van der Waals surface area (Å²) in [5.41, 5.74) is 3.21. The second-order valence-corrected chi connectivity index (χ2v) is 12.7. The van der Waals surface area contributed by atoms with E-state index >= 15 is 0 Å². The van der Waals surface area contributed by atoms with Crippen LogP contribution in [0.5, 0.6) is 0 Å². The minimum atomic E-state index is -1.02. The minimum absolute atomic E-state index is 0. The molecule has 0 aromatic heterocycles. The number of hydrogen-bond donors (Lipinski definition) is 0. The maximum absolute atomic E-state index is 2.50. The van der Waals surface area contributed by atoms with Gasteiger partial charge in [-0.1, -0.05) is 50.8 Å². The number of halogens is 1. The zero-order valence-corrected chi connectivity index (χ0v) is 16.2. The number of fused-ring (bicyclic) bond motifs is 1. The predicted octanol–water partition coefficient (Wildman–Crippen LogP) is 1.02. The molecule has 19 heavy (non-hydrogen) atoms. The lowest BCUT2D eigenvalue weighted by molar-refractivity contribution is -0.932. The highest BCUT2D eigenvalue weighted by atomic mass is 127. The van der Waals surface area contributed by atoms with Crippen molar-refractivity contribution in [3.63, 3.8) is 0 Å². The molecule has 0 spiro atoms. The average Bonchev–Trinajstić information content (AvgIpc) is 2.26. The number of likely N-dealkylation sites (N-methyl/N-ethyl adjacent to an activating group) is 1. The third-order valence-corrected chi connectivity index (χ3v) is 5.95. The highest BCUT2D eigenvalue weighted by Crippen LogP contribution is 2.37. The van der Waals surface area contributed by atoms with Gasteiger partial charge in [-0.2, -0.15) is 0 Å². The first-order valence-corrected chi connectivity index (χ1v) is 11.0. The van der Waals surface area contributed by atoms with Gasteiger partial charge in [0.15, 0.2) is 0 Å². The molecule has 1 aliphatic heterocycles. The fourth-order valence-corrected chi connectivity index (χ4v) is 6.43. The summed E-state index contributed by atoms with van der Waals surface area (Å²) in [6.45, 7) is 11.2. The summed E-state index contributed by atoms with van der Waals surface area (Å²) >= 11 is 0. The van der Waals surface area contributed by atoms with Gasteiger partial charge in [0, 0.05) is 18.4 Å². The summed E-state index contributed by atoms with van der Waals surface area (Å²) in [5, 5.41) is 0. The first-order chi connectivity index (χ1) is 8.36. The van der Waals surface area contributed by atoms with Gasteiger partial charge in [-0.3, -0.25) is 0 Å². The molecular formula is C16H28INSi. The zero-order chi connectivity index (χ0) is 13.4. The van der Waals surface area contributed by atoms with E-state index in [2.05, 4.69) is 57.9 Å². The van der Waals surface area contributed by atoms with E-state index in [4.69, 9.17) is 0 Å². The van der Waals surface area contributed by atoms with Crippen LogP contribution in [0.15, 0.2) is 24.3 Å². The van der Waals surface area contributed by atoms with Crippen molar-refractivity contribution in [2.75, 3.05) is 19.8 Å². The van der Waals surface area contributed by atoms with Gasteiger partial charge in [0.2, 0.25) is 0 Å². The Morgan fingerprint density at radius 3 is 2.42 bits per heavy atom. The molecular weight excluding hydrogens is 361 g/mol. The maximum Gasteiger partial charge on any atom is 0.114 e. The molecule has 1 aromatic carbocycles. The molecule has 0 bridgehead atoms. The van der Waals surface area contributed by atoms with E-state index in [0.717, 1.165) is 0 Å². The molecule has 0 unspecified atom stereocenters. The van der Waals surface area contributed by atoms with E-state index in [1.807, 2.05) is 0 Å². The van der Waals surface area contributed by atoms with E-state index in [-0.39, 0.29) is 24.0 Å². The molecule has 0 fully saturated rings. The van der Waals surface area contributed by atoms with E-state index in [0.29, 0.717) is 6.04 Å². The van der Waals surface area contributed by atoms with Crippen LogP contribution in [-0.4, -0.2) is 32.3 Å². The van der Waals surface area contributed by atoms with Crippen LogP contribution in [0.4, 0.5) is 0 Å². The number of hydrogen-bond acceptors (Lipinski definition) is 0. The molecule has 0 amide bonds. The van der Waals surface area contributed by atoms with Crippen molar-refractivity contribution in [3.8, 4) is 0 Å². The summed E-state index contributed by atoms with van der Waals surface area (Å²) in [7, 11) is 1.46. The summed E-state index contributed by atoms with van der Waals surface area (Å²) in [6.07, 6.45) is 3.92. The lowest BCUT2D eigenvalue weighted by Crippen LogP contribution is -3.00. The van der Waals surface area contributed by atoms with Crippen molar-refractivity contribution in [3.05, 3.63) is 35.4 Å². The third kappa shape index (κ3) is 3.82. The molecule has 3 heteroatoms. The SMILES string of the molecule is CC[C@H]1c2ccccc2CC[N@+]1(C)C[Si](C)(C)C.[I-]. The standard InChI is InChI=1S/C16H28NSi.HI/c1-6-16-15-10-8-7-9-14(15)11-12-17(16,2)13-18(3,4)5;/h7-10,16H,6,11-13H2,1-5H3;1H/q+1;/p-1/t16-,17+;/m0./s1. The van der Waals surface area contributed by atoms with Crippen LogP contribution in [0.3, 0.4) is 0 Å². The Bertz CT molecular complexity index is 427. The van der Waals surface area contributed by atoms with E-state index in [1.54, 1.807) is 11.1 Å². The van der Waals surface area contributed by atoms with Gasteiger partial charge in [-0.25, -0.2) is 0 Å². The average molecular weight is 389 g/mol. The van der Waals surface area contributed by atoms with Crippen molar-refractivity contribution < 1.29 is 28.5 Å². The number of quaternary nitrogens is 1. The lowest BCUT2D eigenvalue weighted by atomic mass is 9.90. The van der Waals surface area contributed by atoms with Crippen molar-refractivity contribution in [2.24, 2.45) is 0 Å². The largest absolute Gasteiger partial charge is 1.00 e. The predicted molar refractivity (Wildman–Crippen MR) is 82.4 cm³/mol. The zero-order valence-electron chi connectivity index (χ0n) is 13.0. The third-order valence-electron chi connectivity index (χ3n) is 4.28. The highest BCUT2D eigenvalue weighted by molar-refractivity contribution is 6.76. The van der Waals surface area contributed by atoms with Gasteiger partial charge >= 0.3 is 0 Å². The van der Waals surface area contributed by atoms with Crippen LogP contribution in [0, 0.1) is 0 Å². The fourth-order valence-electron chi connectivity index (χ4n) is 3.89. The maximum atomic E-state index is 2.50. The monoisotopic (exact) mass is 389 g/mol. The van der Waals surface area contributed by atoms with E-state index in [9.17, 15) is 0 Å². The van der Waals surface area contributed by atoms with Crippen LogP contribution < -0.4 is 24.0 Å². The van der Waals surface area contributed by atoms with Gasteiger partial charge < -0.3 is 28.5 Å². The molecule has 2 atom stereocenters. The summed E-state index contributed by atoms with van der Waals surface area (Å²) in [6, 6.07) is 9.81. The Morgan fingerprint density at radius 1 is 1.21 bits per heavy atom. The Kier molecular flexibility index (Phi) is 5.67. The summed E-state index contributed by atoms with van der Waals surface area (Å²) in [4.78, 5) is 0. The van der Waals surface area contributed by atoms with Crippen molar-refractivity contribution in [1.29, 1.82) is 0 Å². The normalized spacial score (nSPS) is 26.5. The molecule has 1 aromatic rings. The highest BCUT2D eigenvalue weighted by Gasteiger charge is 2.40. The minimum Gasteiger partial charge on any atom is -1.00 e. The Hall–Kier alpha value is 0.127. The van der Waals surface area contributed by atoms with Gasteiger partial charge in [-0.15, -0.1) is 0 Å². The topological polar surface area (TPSA) is 0 Å². The van der Waals surface area contributed by atoms with E-state index in [1.165, 1.54) is 30.0 Å². The van der Waals surface area contributed by atoms with Crippen molar-refractivity contribution >= 4 is 8.07 Å². The molecule has 0 aliphatic carbocycles. The van der Waals surface area contributed by atoms with Gasteiger partial charge in [0.25, 0.3) is 0 Å². The first-order valence-electron chi connectivity index (χ1n) is 7.28. The quantitative estimate of drug-likeness (QED) is 0.412. The van der Waals surface area contributed by atoms with Crippen LogP contribution in [-0.2, 0) is 6.42 Å². The van der Waals surface area contributed by atoms with Gasteiger partial charge in [-0.05, 0) is 5.56 Å². The second-order valence-electron chi connectivity index (χ2n) is 7.29. The smallest absolute Gasteiger partial charge is 0.114 e. The number of benzene rings is 1. The molecule has 1 aliphatic rings. The molecule has 0 N–H and O–H groups in total. The molecule has 1 nitrogen and oxygen atoms in total. The van der Waals surface area contributed by atoms with E-state index < -0.39 is 8.07 Å². The molecule has 1 heterocycles. The fraction of sp³-hybridized carbons (Fsp3) is 0.625. The summed E-state index contributed by atoms with van der Waals surface area (Å²) in [5.74, 6) is 0. The second kappa shape index (κ2) is 6.27. The Balaban J connectivity index is 0.00000180. The van der Waals surface area contributed by atoms with Crippen LogP contribution in [0.2, 0.25) is 19.6 Å². The Morgan fingerprint density at radius 2 is 1.84 bits per heavy atom. The first kappa shape index (κ1) is 17.2. The van der Waals surface area contributed by atoms with Crippen LogP contribution in [0.1, 0.15) is 30.5 Å². The summed E-state index contributed by atoms with van der Waals surface area (Å²) < 4.78 is 1.27. The van der Waals surface area contributed by atoms with Gasteiger partial charge in [0.05, 0.1) is 19.8 Å². The van der Waals surface area contributed by atoms with Crippen LogP contribution >= 0.6 is 0 Å². The lowest BCUT2D eigenvalue weighted by Gasteiger charge is -2.48. The molecule has 0 saturated heterocycles. The van der Waals surface area contributed by atoms with Crippen LogP contribution in [0.25, 0.3) is 0 Å². The molecule has 0 radical (unpaired) electrons. The number of rotatable bonds is 3. The molecule has 108 valence electrons.